The minimum Gasteiger partial charge on any atom is -0.497 e. The number of carbonyl (C=O) groups excluding carboxylic acids is 1. The number of amides is 1. The Morgan fingerprint density at radius 2 is 1.96 bits per heavy atom. The van der Waals surface area contributed by atoms with Crippen molar-refractivity contribution in [3.63, 3.8) is 0 Å². The molecule has 8 heteroatoms. The van der Waals surface area contributed by atoms with Gasteiger partial charge >= 0.3 is 0 Å². The predicted molar refractivity (Wildman–Crippen MR) is 102 cm³/mol. The summed E-state index contributed by atoms with van der Waals surface area (Å²) in [7, 11) is -2.17. The molecule has 0 heterocycles. The number of hydrazone groups is 1. The molecule has 0 aliphatic rings. The molecular weight excluding hydrogens is 354 g/mol. The first-order valence-corrected chi connectivity index (χ1v) is 9.65. The fourth-order valence-corrected chi connectivity index (χ4v) is 3.11. The third-order valence-electron chi connectivity index (χ3n) is 3.47. The van der Waals surface area contributed by atoms with E-state index in [-0.39, 0.29) is 0 Å². The summed E-state index contributed by atoms with van der Waals surface area (Å²) in [6.07, 6.45) is 2.54. The third-order valence-corrected chi connectivity index (χ3v) is 4.61. The Kier molecular flexibility index (Phi) is 6.35. The highest BCUT2D eigenvalue weighted by molar-refractivity contribution is 7.92. The van der Waals surface area contributed by atoms with E-state index in [4.69, 9.17) is 4.74 Å². The van der Waals surface area contributed by atoms with Gasteiger partial charge in [0.15, 0.2) is 0 Å². The number of aryl methyl sites for hydroxylation is 1. The molecule has 0 aromatic heterocycles. The molecule has 1 N–H and O–H groups in total. The maximum atomic E-state index is 12.1. The number of hydrogen-bond acceptors (Lipinski definition) is 5. The van der Waals surface area contributed by atoms with Gasteiger partial charge in [0.2, 0.25) is 10.0 Å². The van der Waals surface area contributed by atoms with Crippen molar-refractivity contribution in [3.8, 4) is 5.75 Å². The summed E-state index contributed by atoms with van der Waals surface area (Å²) in [4.78, 5) is 12.1. The fourth-order valence-electron chi connectivity index (χ4n) is 2.26. The van der Waals surface area contributed by atoms with Crippen molar-refractivity contribution in [2.75, 3.05) is 24.2 Å². The van der Waals surface area contributed by atoms with Gasteiger partial charge in [0.05, 0.1) is 25.3 Å². The minimum absolute atomic E-state index is 0.338. The molecule has 0 atom stereocenters. The Morgan fingerprint density at radius 1 is 1.23 bits per heavy atom. The Balaban J connectivity index is 2.09. The molecule has 138 valence electrons. The summed E-state index contributed by atoms with van der Waals surface area (Å²) in [5.74, 6) is -0.0591. The molecule has 0 spiro atoms. The first kappa shape index (κ1) is 19.5. The lowest BCUT2D eigenvalue weighted by Gasteiger charge is -2.21. The van der Waals surface area contributed by atoms with Crippen LogP contribution >= 0.6 is 0 Å². The van der Waals surface area contributed by atoms with Gasteiger partial charge in [0.1, 0.15) is 12.3 Å². The molecule has 2 rings (SSSR count). The maximum absolute atomic E-state index is 12.1. The van der Waals surface area contributed by atoms with E-state index in [2.05, 4.69) is 10.5 Å². The molecule has 0 saturated carbocycles. The van der Waals surface area contributed by atoms with Crippen molar-refractivity contribution < 1.29 is 17.9 Å². The van der Waals surface area contributed by atoms with Crippen molar-refractivity contribution in [1.82, 2.24) is 5.43 Å². The van der Waals surface area contributed by atoms with Crippen LogP contribution < -0.4 is 14.5 Å². The summed E-state index contributed by atoms with van der Waals surface area (Å²) < 4.78 is 30.2. The molecule has 0 fully saturated rings. The SMILES string of the molecule is COc1cccc(N(CC(=O)N/N=C\c2cccc(C)c2)S(C)(=O)=O)c1. The molecule has 0 bridgehead atoms. The molecule has 2 aromatic rings. The van der Waals surface area contributed by atoms with Crippen molar-refractivity contribution in [2.45, 2.75) is 6.92 Å². The quantitative estimate of drug-likeness (QED) is 0.592. The van der Waals surface area contributed by atoms with Gasteiger partial charge in [-0.05, 0) is 24.6 Å². The zero-order valence-electron chi connectivity index (χ0n) is 14.8. The van der Waals surface area contributed by atoms with Crippen LogP contribution in [0.25, 0.3) is 0 Å². The van der Waals surface area contributed by atoms with E-state index in [0.29, 0.717) is 11.4 Å². The number of hydrogen-bond donors (Lipinski definition) is 1. The predicted octanol–water partition coefficient (Wildman–Crippen LogP) is 1.92. The highest BCUT2D eigenvalue weighted by Gasteiger charge is 2.21. The van der Waals surface area contributed by atoms with Crippen LogP contribution in [0.5, 0.6) is 5.75 Å². The average Bonchev–Trinajstić information content (AvgIpc) is 2.59. The van der Waals surface area contributed by atoms with Gasteiger partial charge in [0, 0.05) is 6.07 Å². The largest absolute Gasteiger partial charge is 0.497 e. The van der Waals surface area contributed by atoms with Gasteiger partial charge in [-0.15, -0.1) is 0 Å². The van der Waals surface area contributed by atoms with Gasteiger partial charge in [-0.25, -0.2) is 13.8 Å². The van der Waals surface area contributed by atoms with Crippen LogP contribution in [0.15, 0.2) is 53.6 Å². The van der Waals surface area contributed by atoms with Gasteiger partial charge in [-0.2, -0.15) is 5.10 Å². The lowest BCUT2D eigenvalue weighted by Crippen LogP contribution is -2.39. The fraction of sp³-hybridized carbons (Fsp3) is 0.222. The highest BCUT2D eigenvalue weighted by Crippen LogP contribution is 2.22. The first-order chi connectivity index (χ1) is 12.3. The summed E-state index contributed by atoms with van der Waals surface area (Å²) in [5, 5.41) is 3.87. The van der Waals surface area contributed by atoms with E-state index in [9.17, 15) is 13.2 Å². The van der Waals surface area contributed by atoms with E-state index < -0.39 is 22.5 Å². The molecule has 0 radical (unpaired) electrons. The molecule has 0 aliphatic carbocycles. The standard InChI is InChI=1S/C18H21N3O4S/c1-14-6-4-7-15(10-14)12-19-20-18(22)13-21(26(3,23)24)16-8-5-9-17(11-16)25-2/h4-12H,13H2,1-3H3,(H,20,22)/b19-12-. The average molecular weight is 375 g/mol. The van der Waals surface area contributed by atoms with E-state index in [1.54, 1.807) is 24.3 Å². The van der Waals surface area contributed by atoms with E-state index in [0.717, 1.165) is 21.7 Å². The van der Waals surface area contributed by atoms with Crippen molar-refractivity contribution in [2.24, 2.45) is 5.10 Å². The molecule has 7 nitrogen and oxygen atoms in total. The summed E-state index contributed by atoms with van der Waals surface area (Å²) in [6, 6.07) is 14.1. The number of methoxy groups -OCH3 is 1. The second-order valence-electron chi connectivity index (χ2n) is 5.68. The third kappa shape index (κ3) is 5.59. The number of nitrogens with zero attached hydrogens (tertiary/aromatic N) is 2. The highest BCUT2D eigenvalue weighted by atomic mass is 32.2. The Bertz CT molecular complexity index is 910. The summed E-state index contributed by atoms with van der Waals surface area (Å²) >= 11 is 0. The smallest absolute Gasteiger partial charge is 0.260 e. The van der Waals surface area contributed by atoms with E-state index in [1.807, 2.05) is 31.2 Å². The van der Waals surface area contributed by atoms with Crippen LogP contribution in [-0.4, -0.2) is 40.4 Å². The molecule has 2 aromatic carbocycles. The first-order valence-electron chi connectivity index (χ1n) is 7.80. The van der Waals surface area contributed by atoms with Gasteiger partial charge in [-0.1, -0.05) is 35.9 Å². The zero-order valence-corrected chi connectivity index (χ0v) is 15.7. The Morgan fingerprint density at radius 3 is 2.62 bits per heavy atom. The van der Waals surface area contributed by atoms with Gasteiger partial charge < -0.3 is 4.74 Å². The van der Waals surface area contributed by atoms with Crippen molar-refractivity contribution >= 4 is 27.8 Å². The van der Waals surface area contributed by atoms with Gasteiger partial charge in [-0.3, -0.25) is 9.10 Å². The van der Waals surface area contributed by atoms with Crippen LogP contribution in [-0.2, 0) is 14.8 Å². The Labute approximate surface area is 153 Å². The second kappa shape index (κ2) is 8.48. The number of carbonyl (C=O) groups is 1. The van der Waals surface area contributed by atoms with Crippen LogP contribution in [0.1, 0.15) is 11.1 Å². The molecule has 1 amide bonds. The van der Waals surface area contributed by atoms with E-state index >= 15 is 0 Å². The van der Waals surface area contributed by atoms with E-state index in [1.165, 1.54) is 13.3 Å². The number of nitrogens with one attached hydrogen (secondary N) is 1. The van der Waals surface area contributed by atoms with Crippen LogP contribution in [0.4, 0.5) is 5.69 Å². The van der Waals surface area contributed by atoms with Crippen molar-refractivity contribution in [3.05, 3.63) is 59.7 Å². The number of sulfonamides is 1. The summed E-state index contributed by atoms with van der Waals surface area (Å²) in [6.45, 7) is 1.56. The van der Waals surface area contributed by atoms with Crippen LogP contribution in [0.2, 0.25) is 0 Å². The molecule has 0 aliphatic heterocycles. The molecule has 0 saturated heterocycles. The molecule has 26 heavy (non-hydrogen) atoms. The number of benzene rings is 2. The normalized spacial score (nSPS) is 11.3. The minimum atomic E-state index is -3.66. The second-order valence-corrected chi connectivity index (χ2v) is 7.59. The molecular formula is C18H21N3O4S. The number of ether oxygens (including phenoxy) is 1. The lowest BCUT2D eigenvalue weighted by atomic mass is 10.2. The topological polar surface area (TPSA) is 88.1 Å². The maximum Gasteiger partial charge on any atom is 0.260 e. The zero-order chi connectivity index (χ0) is 19.2. The summed E-state index contributed by atoms with van der Waals surface area (Å²) in [5.41, 5.74) is 4.58. The van der Waals surface area contributed by atoms with Crippen molar-refractivity contribution in [1.29, 1.82) is 0 Å². The number of anilines is 1. The molecule has 0 unspecified atom stereocenters. The van der Waals surface area contributed by atoms with Crippen LogP contribution in [0.3, 0.4) is 0 Å². The monoisotopic (exact) mass is 375 g/mol. The lowest BCUT2D eigenvalue weighted by molar-refractivity contribution is -0.119. The Hall–Kier alpha value is -2.87. The van der Waals surface area contributed by atoms with Crippen LogP contribution in [0, 0.1) is 6.92 Å². The number of rotatable bonds is 7. The van der Waals surface area contributed by atoms with Gasteiger partial charge in [0.25, 0.3) is 5.91 Å².